The van der Waals surface area contributed by atoms with Crippen molar-refractivity contribution in [3.63, 3.8) is 0 Å². The molecule has 1 heterocycles. The number of rotatable bonds is 6. The molecule has 3 N–H and O–H groups in total. The molecule has 0 aliphatic carbocycles. The van der Waals surface area contributed by atoms with Crippen LogP contribution in [0.15, 0.2) is 54.6 Å². The number of hydrogen-bond acceptors (Lipinski definition) is 7. The number of aromatic nitrogens is 2. The predicted molar refractivity (Wildman–Crippen MR) is 112 cm³/mol. The Hall–Kier alpha value is -3.94. The van der Waals surface area contributed by atoms with Gasteiger partial charge in [0, 0.05) is 35.7 Å². The predicted octanol–water partition coefficient (Wildman–Crippen LogP) is 4.02. The van der Waals surface area contributed by atoms with Crippen LogP contribution >= 0.6 is 0 Å². The molecule has 8 heteroatoms. The summed E-state index contributed by atoms with van der Waals surface area (Å²) in [6.07, 6.45) is 0. The van der Waals surface area contributed by atoms with E-state index in [1.165, 1.54) is 14.0 Å². The van der Waals surface area contributed by atoms with Crippen LogP contribution in [-0.4, -0.2) is 29.0 Å². The highest BCUT2D eigenvalue weighted by atomic mass is 16.5. The van der Waals surface area contributed by atoms with Crippen molar-refractivity contribution in [1.82, 2.24) is 9.97 Å². The molecule has 1 amide bonds. The number of carbonyl (C=O) groups excluding carboxylic acids is 2. The lowest BCUT2D eigenvalue weighted by atomic mass is 10.2. The molecule has 0 atom stereocenters. The number of carbonyl (C=O) groups is 2. The Morgan fingerprint density at radius 2 is 1.45 bits per heavy atom. The molecule has 0 radical (unpaired) electrons. The standard InChI is InChI=1S/C21H21N5O3/c1-13-12-19(24-17-10-8-16(9-11-17)23-14(2)27)26-21(22-13)25-18-6-4-15(5-7-18)20(28)29-3/h4-12H,1-3H3,(H,23,27)(H2,22,24,25,26). The summed E-state index contributed by atoms with van der Waals surface area (Å²) in [6, 6.07) is 16.0. The normalized spacial score (nSPS) is 10.2. The molecule has 1 aromatic heterocycles. The minimum atomic E-state index is -0.389. The van der Waals surface area contributed by atoms with Gasteiger partial charge in [-0.05, 0) is 55.5 Å². The number of benzene rings is 2. The van der Waals surface area contributed by atoms with Crippen molar-refractivity contribution in [1.29, 1.82) is 0 Å². The third-order valence-electron chi connectivity index (χ3n) is 3.89. The number of ether oxygens (including phenoxy) is 1. The average molecular weight is 391 g/mol. The molecule has 0 aliphatic heterocycles. The lowest BCUT2D eigenvalue weighted by molar-refractivity contribution is -0.114. The zero-order chi connectivity index (χ0) is 20.8. The summed E-state index contributed by atoms with van der Waals surface area (Å²) >= 11 is 0. The lowest BCUT2D eigenvalue weighted by Crippen LogP contribution is -2.05. The van der Waals surface area contributed by atoms with Gasteiger partial charge < -0.3 is 20.7 Å². The highest BCUT2D eigenvalue weighted by Gasteiger charge is 2.07. The average Bonchev–Trinajstić information content (AvgIpc) is 2.68. The van der Waals surface area contributed by atoms with Gasteiger partial charge in [0.2, 0.25) is 11.9 Å². The van der Waals surface area contributed by atoms with Crippen LogP contribution in [0.3, 0.4) is 0 Å². The molecular formula is C21H21N5O3. The van der Waals surface area contributed by atoms with Crippen LogP contribution in [0, 0.1) is 6.92 Å². The Morgan fingerprint density at radius 3 is 2.07 bits per heavy atom. The first-order valence-corrected chi connectivity index (χ1v) is 8.89. The maximum absolute atomic E-state index is 11.5. The van der Waals surface area contributed by atoms with E-state index in [1.54, 1.807) is 36.4 Å². The van der Waals surface area contributed by atoms with Crippen molar-refractivity contribution in [2.45, 2.75) is 13.8 Å². The van der Waals surface area contributed by atoms with Gasteiger partial charge in [-0.1, -0.05) is 0 Å². The SMILES string of the molecule is COC(=O)c1ccc(Nc2nc(C)cc(Nc3ccc(NC(C)=O)cc3)n2)cc1. The van der Waals surface area contributed by atoms with Crippen molar-refractivity contribution in [3.05, 3.63) is 65.9 Å². The number of aryl methyl sites for hydroxylation is 1. The van der Waals surface area contributed by atoms with Gasteiger partial charge in [-0.25, -0.2) is 9.78 Å². The highest BCUT2D eigenvalue weighted by molar-refractivity contribution is 5.90. The van der Waals surface area contributed by atoms with Gasteiger partial charge in [0.15, 0.2) is 0 Å². The van der Waals surface area contributed by atoms with Gasteiger partial charge in [0.1, 0.15) is 5.82 Å². The molecule has 0 unspecified atom stereocenters. The van der Waals surface area contributed by atoms with Gasteiger partial charge in [-0.2, -0.15) is 4.98 Å². The van der Waals surface area contributed by atoms with Crippen LogP contribution in [0.2, 0.25) is 0 Å². The fourth-order valence-corrected chi connectivity index (χ4v) is 2.61. The Bertz CT molecular complexity index is 1020. The number of nitrogens with zero attached hydrogens (tertiary/aromatic N) is 2. The molecule has 0 saturated carbocycles. The minimum Gasteiger partial charge on any atom is -0.465 e. The quantitative estimate of drug-likeness (QED) is 0.545. The topological polar surface area (TPSA) is 105 Å². The van der Waals surface area contributed by atoms with Crippen LogP contribution in [-0.2, 0) is 9.53 Å². The first kappa shape index (κ1) is 19.8. The number of nitrogens with one attached hydrogen (secondary N) is 3. The summed E-state index contributed by atoms with van der Waals surface area (Å²) in [5.74, 6) is 0.540. The van der Waals surface area contributed by atoms with Gasteiger partial charge in [0.25, 0.3) is 0 Å². The molecule has 29 heavy (non-hydrogen) atoms. The van der Waals surface area contributed by atoms with Gasteiger partial charge in [-0.3, -0.25) is 4.79 Å². The van der Waals surface area contributed by atoms with Crippen LogP contribution in [0.1, 0.15) is 23.0 Å². The first-order chi connectivity index (χ1) is 13.9. The first-order valence-electron chi connectivity index (χ1n) is 8.89. The molecule has 8 nitrogen and oxygen atoms in total. The summed E-state index contributed by atoms with van der Waals surface area (Å²) in [7, 11) is 1.34. The van der Waals surface area contributed by atoms with Crippen LogP contribution < -0.4 is 16.0 Å². The van der Waals surface area contributed by atoms with Crippen LogP contribution in [0.4, 0.5) is 28.8 Å². The molecule has 3 aromatic rings. The minimum absolute atomic E-state index is 0.118. The second kappa shape index (κ2) is 8.83. The van der Waals surface area contributed by atoms with Crippen molar-refractivity contribution >= 4 is 40.7 Å². The Labute approximate surface area is 168 Å². The third kappa shape index (κ3) is 5.52. The van der Waals surface area contributed by atoms with E-state index in [9.17, 15) is 9.59 Å². The van der Waals surface area contributed by atoms with Gasteiger partial charge in [0.05, 0.1) is 12.7 Å². The molecule has 3 rings (SSSR count). The largest absolute Gasteiger partial charge is 0.465 e. The van der Waals surface area contributed by atoms with Gasteiger partial charge >= 0.3 is 5.97 Å². The second-order valence-corrected chi connectivity index (χ2v) is 6.30. The molecule has 0 saturated heterocycles. The maximum atomic E-state index is 11.5. The molecule has 2 aromatic carbocycles. The van der Waals surface area contributed by atoms with E-state index in [4.69, 9.17) is 4.74 Å². The van der Waals surface area contributed by atoms with E-state index in [1.807, 2.05) is 25.1 Å². The van der Waals surface area contributed by atoms with E-state index in [0.29, 0.717) is 17.3 Å². The second-order valence-electron chi connectivity index (χ2n) is 6.30. The summed E-state index contributed by atoms with van der Waals surface area (Å²) < 4.78 is 4.70. The molecular weight excluding hydrogens is 370 g/mol. The Morgan fingerprint density at radius 1 is 0.862 bits per heavy atom. The van der Waals surface area contributed by atoms with Crippen molar-refractivity contribution in [3.8, 4) is 0 Å². The Kier molecular flexibility index (Phi) is 6.03. The number of amides is 1. The Balaban J connectivity index is 1.72. The van der Waals surface area contributed by atoms with E-state index < -0.39 is 0 Å². The van der Waals surface area contributed by atoms with E-state index in [0.717, 1.165) is 22.8 Å². The summed E-state index contributed by atoms with van der Waals surface area (Å²) in [5, 5.41) is 9.07. The summed E-state index contributed by atoms with van der Waals surface area (Å²) in [6.45, 7) is 3.34. The smallest absolute Gasteiger partial charge is 0.337 e. The molecule has 0 fully saturated rings. The number of hydrogen-bond donors (Lipinski definition) is 3. The lowest BCUT2D eigenvalue weighted by Gasteiger charge is -2.11. The van der Waals surface area contributed by atoms with E-state index in [-0.39, 0.29) is 11.9 Å². The summed E-state index contributed by atoms with van der Waals surface area (Å²) in [4.78, 5) is 31.5. The fraction of sp³-hybridized carbons (Fsp3) is 0.143. The third-order valence-corrected chi connectivity index (χ3v) is 3.89. The highest BCUT2D eigenvalue weighted by Crippen LogP contribution is 2.21. The van der Waals surface area contributed by atoms with E-state index in [2.05, 4.69) is 25.9 Å². The number of methoxy groups -OCH3 is 1. The summed E-state index contributed by atoms with van der Waals surface area (Å²) in [5.41, 5.74) is 3.54. The number of esters is 1. The molecule has 0 aliphatic rings. The van der Waals surface area contributed by atoms with Gasteiger partial charge in [-0.15, -0.1) is 0 Å². The monoisotopic (exact) mass is 391 g/mol. The fourth-order valence-electron chi connectivity index (χ4n) is 2.61. The van der Waals surface area contributed by atoms with Crippen molar-refractivity contribution in [2.75, 3.05) is 23.1 Å². The zero-order valence-corrected chi connectivity index (χ0v) is 16.3. The van der Waals surface area contributed by atoms with E-state index >= 15 is 0 Å². The molecule has 0 bridgehead atoms. The van der Waals surface area contributed by atoms with Crippen LogP contribution in [0.25, 0.3) is 0 Å². The molecule has 148 valence electrons. The van der Waals surface area contributed by atoms with Crippen LogP contribution in [0.5, 0.6) is 0 Å². The number of anilines is 5. The molecule has 0 spiro atoms. The zero-order valence-electron chi connectivity index (χ0n) is 16.3. The van der Waals surface area contributed by atoms with Crippen molar-refractivity contribution < 1.29 is 14.3 Å². The van der Waals surface area contributed by atoms with Crippen molar-refractivity contribution in [2.24, 2.45) is 0 Å². The maximum Gasteiger partial charge on any atom is 0.337 e.